The number of benzene rings is 1. The van der Waals surface area contributed by atoms with Crippen LogP contribution in [0, 0.1) is 5.92 Å². The molecule has 2 heterocycles. The van der Waals surface area contributed by atoms with Gasteiger partial charge in [-0.15, -0.1) is 0 Å². The SMILES string of the molecule is C=CC(=O)N1CCC2CCN(Cc3ccc(C(F)(F)F)cc3)[C@@H]2C1. The summed E-state index contributed by atoms with van der Waals surface area (Å²) >= 11 is 0. The van der Waals surface area contributed by atoms with Gasteiger partial charge in [0.25, 0.3) is 0 Å². The Morgan fingerprint density at radius 3 is 2.50 bits per heavy atom. The van der Waals surface area contributed by atoms with E-state index in [1.165, 1.54) is 6.08 Å². The summed E-state index contributed by atoms with van der Waals surface area (Å²) in [5.41, 5.74) is 0.252. The van der Waals surface area contributed by atoms with Crippen LogP contribution in [-0.2, 0) is 17.5 Å². The highest BCUT2D eigenvalue weighted by Crippen LogP contribution is 2.33. The first-order chi connectivity index (χ1) is 11.4. The van der Waals surface area contributed by atoms with Crippen LogP contribution < -0.4 is 0 Å². The van der Waals surface area contributed by atoms with Crippen LogP contribution in [0.4, 0.5) is 13.2 Å². The summed E-state index contributed by atoms with van der Waals surface area (Å²) in [6.45, 7) is 6.52. The second-order valence-corrected chi connectivity index (χ2v) is 6.56. The van der Waals surface area contributed by atoms with Gasteiger partial charge in [-0.1, -0.05) is 18.7 Å². The van der Waals surface area contributed by atoms with Crippen molar-refractivity contribution in [1.29, 1.82) is 0 Å². The van der Waals surface area contributed by atoms with E-state index in [4.69, 9.17) is 0 Å². The molecule has 3 nitrogen and oxygen atoms in total. The van der Waals surface area contributed by atoms with E-state index >= 15 is 0 Å². The number of carbonyl (C=O) groups excluding carboxylic acids is 1. The van der Waals surface area contributed by atoms with Gasteiger partial charge < -0.3 is 4.90 Å². The zero-order valence-corrected chi connectivity index (χ0v) is 13.4. The molecule has 1 aromatic rings. The van der Waals surface area contributed by atoms with Gasteiger partial charge in [-0.25, -0.2) is 0 Å². The van der Waals surface area contributed by atoms with Crippen LogP contribution in [0.1, 0.15) is 24.0 Å². The summed E-state index contributed by atoms with van der Waals surface area (Å²) < 4.78 is 37.9. The minimum Gasteiger partial charge on any atom is -0.338 e. The van der Waals surface area contributed by atoms with Crippen LogP contribution >= 0.6 is 0 Å². The number of carbonyl (C=O) groups is 1. The summed E-state index contributed by atoms with van der Waals surface area (Å²) in [5.74, 6) is 0.517. The first-order valence-electron chi connectivity index (χ1n) is 8.20. The number of nitrogens with zero attached hydrogens (tertiary/aromatic N) is 2. The molecule has 0 aliphatic carbocycles. The van der Waals surface area contributed by atoms with Crippen molar-refractivity contribution in [2.24, 2.45) is 5.92 Å². The molecule has 24 heavy (non-hydrogen) atoms. The van der Waals surface area contributed by atoms with Crippen LogP contribution in [0.3, 0.4) is 0 Å². The molecule has 2 aliphatic heterocycles. The third kappa shape index (κ3) is 3.48. The molecule has 0 aromatic heterocycles. The van der Waals surface area contributed by atoms with Gasteiger partial charge >= 0.3 is 6.18 Å². The monoisotopic (exact) mass is 338 g/mol. The molecule has 130 valence electrons. The minimum absolute atomic E-state index is 0.0465. The lowest BCUT2D eigenvalue weighted by atomic mass is 9.92. The average molecular weight is 338 g/mol. The predicted molar refractivity (Wildman–Crippen MR) is 85.1 cm³/mol. The Balaban J connectivity index is 1.67. The van der Waals surface area contributed by atoms with Gasteiger partial charge in [0.15, 0.2) is 0 Å². The minimum atomic E-state index is -4.30. The molecule has 2 fully saturated rings. The third-order valence-corrected chi connectivity index (χ3v) is 5.13. The summed E-state index contributed by atoms with van der Waals surface area (Å²) in [7, 11) is 0. The Hall–Kier alpha value is -1.82. The fourth-order valence-corrected chi connectivity index (χ4v) is 3.79. The van der Waals surface area contributed by atoms with E-state index in [9.17, 15) is 18.0 Å². The van der Waals surface area contributed by atoms with Gasteiger partial charge in [-0.3, -0.25) is 9.69 Å². The largest absolute Gasteiger partial charge is 0.416 e. The van der Waals surface area contributed by atoms with Gasteiger partial charge in [-0.05, 0) is 49.1 Å². The first kappa shape index (κ1) is 17.0. The molecule has 2 aliphatic rings. The van der Waals surface area contributed by atoms with Crippen molar-refractivity contribution < 1.29 is 18.0 Å². The Kier molecular flexibility index (Phi) is 4.67. The first-order valence-corrected chi connectivity index (χ1v) is 8.20. The van der Waals surface area contributed by atoms with E-state index in [1.807, 2.05) is 4.90 Å². The molecule has 2 saturated heterocycles. The van der Waals surface area contributed by atoms with Crippen LogP contribution in [0.15, 0.2) is 36.9 Å². The standard InChI is InChI=1S/C18H21F3N2O/c1-2-17(24)23-10-8-14-7-9-22(16(14)12-23)11-13-3-5-15(6-4-13)18(19,20)21/h2-6,14,16H,1,7-12H2/t14?,16-/m1/s1. The average Bonchev–Trinajstić information content (AvgIpc) is 2.96. The van der Waals surface area contributed by atoms with Crippen molar-refractivity contribution in [3.05, 3.63) is 48.0 Å². The number of halogens is 3. The molecule has 3 rings (SSSR count). The van der Waals surface area contributed by atoms with E-state index < -0.39 is 11.7 Å². The van der Waals surface area contributed by atoms with Crippen LogP contribution in [0.5, 0.6) is 0 Å². The number of likely N-dealkylation sites (tertiary alicyclic amines) is 2. The molecular weight excluding hydrogens is 317 g/mol. The number of alkyl halides is 3. The molecule has 1 aromatic carbocycles. The summed E-state index contributed by atoms with van der Waals surface area (Å²) in [6.07, 6.45) is -0.892. The molecule has 0 spiro atoms. The fraction of sp³-hybridized carbons (Fsp3) is 0.500. The lowest BCUT2D eigenvalue weighted by Crippen LogP contribution is -2.49. The topological polar surface area (TPSA) is 23.6 Å². The molecule has 2 atom stereocenters. The Bertz CT molecular complexity index is 612. The Labute approximate surface area is 139 Å². The van der Waals surface area contributed by atoms with Gasteiger partial charge in [0.1, 0.15) is 0 Å². The maximum Gasteiger partial charge on any atom is 0.416 e. The lowest BCUT2D eigenvalue weighted by molar-refractivity contribution is -0.137. The van der Waals surface area contributed by atoms with Crippen molar-refractivity contribution >= 4 is 5.91 Å². The predicted octanol–water partition coefficient (Wildman–Crippen LogP) is 3.31. The van der Waals surface area contributed by atoms with Gasteiger partial charge in [0, 0.05) is 25.7 Å². The number of hydrogen-bond acceptors (Lipinski definition) is 2. The van der Waals surface area contributed by atoms with Gasteiger partial charge in [0.05, 0.1) is 5.56 Å². The van der Waals surface area contributed by atoms with Crippen molar-refractivity contribution in [2.75, 3.05) is 19.6 Å². The molecule has 6 heteroatoms. The van der Waals surface area contributed by atoms with Crippen molar-refractivity contribution in [3.63, 3.8) is 0 Å². The molecule has 0 bridgehead atoms. The Morgan fingerprint density at radius 2 is 1.88 bits per heavy atom. The Morgan fingerprint density at radius 1 is 1.21 bits per heavy atom. The zero-order chi connectivity index (χ0) is 17.3. The number of hydrogen-bond donors (Lipinski definition) is 0. The van der Waals surface area contributed by atoms with Crippen molar-refractivity contribution in [1.82, 2.24) is 9.80 Å². The molecule has 1 unspecified atom stereocenters. The summed E-state index contributed by atoms with van der Waals surface area (Å²) in [4.78, 5) is 15.9. The smallest absolute Gasteiger partial charge is 0.338 e. The molecular formula is C18H21F3N2O. The second-order valence-electron chi connectivity index (χ2n) is 6.56. The fourth-order valence-electron chi connectivity index (χ4n) is 3.79. The van der Waals surface area contributed by atoms with E-state index in [0.29, 0.717) is 19.0 Å². The zero-order valence-electron chi connectivity index (χ0n) is 13.4. The van der Waals surface area contributed by atoms with Crippen molar-refractivity contribution in [3.8, 4) is 0 Å². The van der Waals surface area contributed by atoms with Crippen LogP contribution in [0.25, 0.3) is 0 Å². The number of fused-ring (bicyclic) bond motifs is 1. The van der Waals surface area contributed by atoms with E-state index in [1.54, 1.807) is 12.1 Å². The van der Waals surface area contributed by atoms with Crippen molar-refractivity contribution in [2.45, 2.75) is 31.6 Å². The number of piperidine rings is 1. The third-order valence-electron chi connectivity index (χ3n) is 5.13. The highest BCUT2D eigenvalue weighted by Gasteiger charge is 2.39. The summed E-state index contributed by atoms with van der Waals surface area (Å²) in [5, 5.41) is 0. The molecule has 1 amide bonds. The maximum absolute atomic E-state index is 12.6. The number of amides is 1. The highest BCUT2D eigenvalue weighted by atomic mass is 19.4. The second kappa shape index (κ2) is 6.59. The molecule has 0 N–H and O–H groups in total. The molecule has 0 radical (unpaired) electrons. The quantitative estimate of drug-likeness (QED) is 0.790. The summed E-state index contributed by atoms with van der Waals surface area (Å²) in [6, 6.07) is 5.65. The van der Waals surface area contributed by atoms with Crippen LogP contribution in [-0.4, -0.2) is 41.4 Å². The number of rotatable bonds is 3. The van der Waals surface area contributed by atoms with Crippen LogP contribution in [0.2, 0.25) is 0 Å². The maximum atomic E-state index is 12.6. The van der Waals surface area contributed by atoms with E-state index in [-0.39, 0.29) is 11.9 Å². The highest BCUT2D eigenvalue weighted by molar-refractivity contribution is 5.87. The van der Waals surface area contributed by atoms with E-state index in [2.05, 4.69) is 11.5 Å². The lowest BCUT2D eigenvalue weighted by Gasteiger charge is -2.38. The molecule has 0 saturated carbocycles. The van der Waals surface area contributed by atoms with Gasteiger partial charge in [0.2, 0.25) is 5.91 Å². The van der Waals surface area contributed by atoms with E-state index in [0.717, 1.165) is 43.6 Å². The normalized spacial score (nSPS) is 24.7. The van der Waals surface area contributed by atoms with Gasteiger partial charge in [-0.2, -0.15) is 13.2 Å².